The lowest BCUT2D eigenvalue weighted by Gasteiger charge is -2.32. The van der Waals surface area contributed by atoms with E-state index in [1.165, 1.54) is 18.6 Å². The number of benzene rings is 2. The van der Waals surface area contributed by atoms with E-state index in [9.17, 15) is 35.1 Å². The Morgan fingerprint density at radius 1 is 1.02 bits per heavy atom. The molecule has 5 N–H and O–H groups in total. The number of aromatic hydroxyl groups is 3. The smallest absolute Gasteiger partial charge is 0.207 e. The first-order chi connectivity index (χ1) is 19.9. The molecule has 1 fully saturated rings. The molecule has 1 saturated heterocycles. The number of carbonyl (C=O) groups excluding carboxylic acids is 2. The third-order valence-electron chi connectivity index (χ3n) is 8.93. The highest BCUT2D eigenvalue weighted by molar-refractivity contribution is 6.36. The molecular formula is C35H44O8. The van der Waals surface area contributed by atoms with E-state index < -0.39 is 39.9 Å². The summed E-state index contributed by atoms with van der Waals surface area (Å²) in [6, 6.07) is 1.31. The zero-order valence-corrected chi connectivity index (χ0v) is 26.2. The number of aliphatic hydroxyl groups is 2. The van der Waals surface area contributed by atoms with Crippen LogP contribution in [-0.2, 0) is 4.74 Å². The first kappa shape index (κ1) is 32.5. The van der Waals surface area contributed by atoms with Crippen LogP contribution in [0.1, 0.15) is 105 Å². The van der Waals surface area contributed by atoms with E-state index in [1.807, 2.05) is 20.8 Å². The molecule has 3 atom stereocenters. The van der Waals surface area contributed by atoms with Crippen molar-refractivity contribution < 1.29 is 39.9 Å². The van der Waals surface area contributed by atoms with Crippen molar-refractivity contribution in [1.82, 2.24) is 0 Å². The zero-order valence-electron chi connectivity index (χ0n) is 26.2. The summed E-state index contributed by atoms with van der Waals surface area (Å²) in [5.74, 6) is -3.15. The maximum atomic E-state index is 13.6. The van der Waals surface area contributed by atoms with Crippen LogP contribution >= 0.6 is 0 Å². The van der Waals surface area contributed by atoms with Crippen molar-refractivity contribution >= 4 is 22.3 Å². The highest BCUT2D eigenvalue weighted by atomic mass is 16.5. The van der Waals surface area contributed by atoms with Crippen LogP contribution in [0.5, 0.6) is 17.2 Å². The van der Waals surface area contributed by atoms with Gasteiger partial charge < -0.3 is 30.3 Å². The third-order valence-corrected chi connectivity index (χ3v) is 8.93. The van der Waals surface area contributed by atoms with Crippen LogP contribution in [0.25, 0.3) is 10.8 Å². The van der Waals surface area contributed by atoms with Crippen molar-refractivity contribution in [2.24, 2.45) is 0 Å². The Hall–Kier alpha value is -3.46. The topological polar surface area (TPSA) is 145 Å². The van der Waals surface area contributed by atoms with Gasteiger partial charge in [-0.05, 0) is 92.2 Å². The van der Waals surface area contributed by atoms with Crippen LogP contribution in [0.2, 0.25) is 0 Å². The maximum absolute atomic E-state index is 13.6. The fraction of sp³-hybridized carbons (Fsp3) is 0.486. The molecule has 1 heterocycles. The van der Waals surface area contributed by atoms with Gasteiger partial charge in [-0.3, -0.25) is 9.59 Å². The predicted molar refractivity (Wildman–Crippen MR) is 166 cm³/mol. The minimum atomic E-state index is -2.51. The predicted octanol–water partition coefficient (Wildman–Crippen LogP) is 6.40. The number of phenolic OH excluding ortho intramolecular Hbond substituents is 3. The first-order valence-corrected chi connectivity index (χ1v) is 14.8. The van der Waals surface area contributed by atoms with E-state index in [0.29, 0.717) is 12.0 Å². The van der Waals surface area contributed by atoms with Crippen molar-refractivity contribution in [3.8, 4) is 17.2 Å². The second kappa shape index (κ2) is 11.6. The molecule has 0 radical (unpaired) electrons. The Kier molecular flexibility index (Phi) is 8.73. The van der Waals surface area contributed by atoms with Gasteiger partial charge in [-0.15, -0.1) is 0 Å². The first-order valence-electron chi connectivity index (χ1n) is 14.8. The number of allylic oxidation sites excluding steroid dienone is 4. The van der Waals surface area contributed by atoms with Crippen molar-refractivity contribution in [1.29, 1.82) is 0 Å². The molecule has 8 nitrogen and oxygen atoms in total. The van der Waals surface area contributed by atoms with E-state index >= 15 is 0 Å². The molecule has 0 amide bonds. The molecule has 2 unspecified atom stereocenters. The SMILES string of the molecule is C/C(=C\CC/C(C)=C/C[C@]1(O)C(=O)c2c(O)cc(C)c3c(O)c(C)c(O)c(c23)C1=O)C/C=C/C1(C)CCC(C(C)(C)O)O1. The van der Waals surface area contributed by atoms with Crippen LogP contribution in [0.4, 0.5) is 0 Å². The van der Waals surface area contributed by atoms with E-state index in [4.69, 9.17) is 4.74 Å². The average Bonchev–Trinajstić information content (AvgIpc) is 3.32. The number of ketones is 2. The number of rotatable bonds is 9. The van der Waals surface area contributed by atoms with Gasteiger partial charge in [0.15, 0.2) is 5.60 Å². The minimum Gasteiger partial charge on any atom is -0.507 e. The molecular weight excluding hydrogens is 548 g/mol. The molecule has 2 aromatic rings. The number of ether oxygens (including phenoxy) is 1. The lowest BCUT2D eigenvalue weighted by molar-refractivity contribution is -0.0999. The molecule has 8 heteroatoms. The Balaban J connectivity index is 1.44. The van der Waals surface area contributed by atoms with Gasteiger partial charge in [0.1, 0.15) is 17.2 Å². The molecule has 2 aliphatic rings. The lowest BCUT2D eigenvalue weighted by atomic mass is 9.73. The highest BCUT2D eigenvalue weighted by Crippen LogP contribution is 2.49. The van der Waals surface area contributed by atoms with E-state index in [1.54, 1.807) is 26.8 Å². The van der Waals surface area contributed by atoms with Crippen molar-refractivity contribution in [2.45, 2.75) is 110 Å². The summed E-state index contributed by atoms with van der Waals surface area (Å²) in [4.78, 5) is 27.1. The maximum Gasteiger partial charge on any atom is 0.207 e. The molecule has 2 aromatic carbocycles. The number of aryl methyl sites for hydroxylation is 1. The number of hydrogen-bond acceptors (Lipinski definition) is 8. The lowest BCUT2D eigenvalue weighted by Crippen LogP contribution is -2.49. The normalized spacial score (nSPS) is 25.0. The van der Waals surface area contributed by atoms with Gasteiger partial charge in [-0.2, -0.15) is 0 Å². The van der Waals surface area contributed by atoms with Gasteiger partial charge in [0.25, 0.3) is 0 Å². The molecule has 0 bridgehead atoms. The Labute approximate surface area is 253 Å². The fourth-order valence-electron chi connectivity index (χ4n) is 6.14. The zero-order chi connectivity index (χ0) is 32.1. The van der Waals surface area contributed by atoms with Gasteiger partial charge in [0.2, 0.25) is 11.6 Å². The molecule has 43 heavy (non-hydrogen) atoms. The molecule has 4 rings (SSSR count). The monoisotopic (exact) mass is 592 g/mol. The van der Waals surface area contributed by atoms with Gasteiger partial charge in [-0.1, -0.05) is 35.5 Å². The summed E-state index contributed by atoms with van der Waals surface area (Å²) in [7, 11) is 0. The number of carbonyl (C=O) groups is 2. The van der Waals surface area contributed by atoms with Crippen molar-refractivity contribution in [3.05, 3.63) is 63.8 Å². The Bertz CT molecular complexity index is 1570. The fourth-order valence-corrected chi connectivity index (χ4v) is 6.14. The molecule has 232 valence electrons. The number of hydrogen-bond donors (Lipinski definition) is 5. The Morgan fingerprint density at radius 3 is 2.30 bits per heavy atom. The van der Waals surface area contributed by atoms with Gasteiger partial charge in [-0.25, -0.2) is 0 Å². The summed E-state index contributed by atoms with van der Waals surface area (Å²) in [5, 5.41) is 54.0. The average molecular weight is 593 g/mol. The van der Waals surface area contributed by atoms with Crippen LogP contribution in [-0.4, -0.2) is 60.0 Å². The molecule has 0 aromatic heterocycles. The summed E-state index contributed by atoms with van der Waals surface area (Å²) in [5.41, 5.74) is -1.80. The molecule has 1 aliphatic carbocycles. The standard InChI is InChI=1S/C35H44O8/c1-19(12-9-15-34(7)16-14-24(43-34)33(5,6)41)10-8-11-20(2)13-17-35(42)31(39)26-23(36)18-21(3)25-27(26)28(32(35)40)30(38)22(4)29(25)37/h9-10,13,15,18,24,36-38,41-42H,8,11-12,14,16-17H2,1-7H3/b15-9+,19-10+,20-13+/t24?,34?,35-/m0/s1. The van der Waals surface area contributed by atoms with E-state index in [-0.39, 0.29) is 45.7 Å². The molecule has 1 aliphatic heterocycles. The van der Waals surface area contributed by atoms with Crippen LogP contribution in [0.3, 0.4) is 0 Å². The summed E-state index contributed by atoms with van der Waals surface area (Å²) >= 11 is 0. The third kappa shape index (κ3) is 6.01. The second-order valence-corrected chi connectivity index (χ2v) is 13.1. The van der Waals surface area contributed by atoms with Gasteiger partial charge in [0, 0.05) is 22.8 Å². The van der Waals surface area contributed by atoms with E-state index in [0.717, 1.165) is 31.3 Å². The summed E-state index contributed by atoms with van der Waals surface area (Å²) < 4.78 is 6.10. The van der Waals surface area contributed by atoms with Gasteiger partial charge in [0.05, 0.1) is 28.4 Å². The van der Waals surface area contributed by atoms with Crippen LogP contribution < -0.4 is 0 Å². The quantitative estimate of drug-likeness (QED) is 0.166. The van der Waals surface area contributed by atoms with Crippen molar-refractivity contribution in [2.75, 3.05) is 0 Å². The molecule has 0 saturated carbocycles. The van der Waals surface area contributed by atoms with Crippen molar-refractivity contribution in [3.63, 3.8) is 0 Å². The summed E-state index contributed by atoms with van der Waals surface area (Å²) in [6.07, 6.45) is 11.2. The summed E-state index contributed by atoms with van der Waals surface area (Å²) in [6.45, 7) is 12.5. The van der Waals surface area contributed by atoms with Crippen LogP contribution in [0.15, 0.2) is 41.5 Å². The number of Topliss-reactive ketones (excluding diaryl/α,β-unsaturated/α-hetero) is 2. The minimum absolute atomic E-state index is 0.0429. The second-order valence-electron chi connectivity index (χ2n) is 13.1. The Morgan fingerprint density at radius 2 is 1.67 bits per heavy atom. The largest absolute Gasteiger partial charge is 0.507 e. The number of phenols is 3. The van der Waals surface area contributed by atoms with Crippen LogP contribution in [0, 0.1) is 13.8 Å². The van der Waals surface area contributed by atoms with E-state index in [2.05, 4.69) is 18.2 Å². The highest BCUT2D eigenvalue weighted by Gasteiger charge is 2.51. The molecule has 0 spiro atoms. The van der Waals surface area contributed by atoms with Gasteiger partial charge >= 0.3 is 0 Å².